The van der Waals surface area contributed by atoms with Crippen LogP contribution in [-0.2, 0) is 0 Å². The van der Waals surface area contributed by atoms with Crippen molar-refractivity contribution in [3.05, 3.63) is 9.75 Å². The number of carbonyl (C=O) groups is 2. The molecule has 0 radical (unpaired) electrons. The molecule has 0 spiro atoms. The first-order chi connectivity index (χ1) is 10.2. The maximum atomic E-state index is 12.1. The van der Waals surface area contributed by atoms with Crippen molar-refractivity contribution in [2.24, 2.45) is 0 Å². The average Bonchev–Trinajstić information content (AvgIpc) is 2.90. The van der Waals surface area contributed by atoms with Crippen LogP contribution < -0.4 is 20.1 Å². The Hall–Kier alpha value is -1.06. The Morgan fingerprint density at radius 3 is 1.76 bits per heavy atom. The summed E-state index contributed by atoms with van der Waals surface area (Å²) in [5.74, 6) is 1.18. The van der Waals surface area contributed by atoms with Crippen molar-refractivity contribution in [3.8, 4) is 11.5 Å². The molecule has 0 bridgehead atoms. The highest BCUT2D eigenvalue weighted by Crippen LogP contribution is 2.43. The fourth-order valence-corrected chi connectivity index (χ4v) is 3.00. The Kier molecular flexibility index (Phi) is 6.07. The number of hydrogen-bond donors (Lipinski definition) is 4. The molecule has 0 atom stereocenters. The highest BCUT2D eigenvalue weighted by Gasteiger charge is 2.31. The fourth-order valence-electron chi connectivity index (χ4n) is 1.75. The molecule has 116 valence electrons. The van der Waals surface area contributed by atoms with Gasteiger partial charge in [0.1, 0.15) is 23.0 Å². The molecule has 2 amide bonds. The lowest BCUT2D eigenvalue weighted by atomic mass is 10.3. The summed E-state index contributed by atoms with van der Waals surface area (Å²) >= 11 is 9.16. The smallest absolute Gasteiger partial charge is 0.265 e. The van der Waals surface area contributed by atoms with Gasteiger partial charge < -0.3 is 20.1 Å². The molecular formula is C12H16N2O4S3. The van der Waals surface area contributed by atoms with Crippen LogP contribution in [0.25, 0.3) is 0 Å². The van der Waals surface area contributed by atoms with Gasteiger partial charge in [0.2, 0.25) is 0 Å². The van der Waals surface area contributed by atoms with Crippen molar-refractivity contribution in [3.63, 3.8) is 0 Å². The van der Waals surface area contributed by atoms with Crippen molar-refractivity contribution in [1.82, 2.24) is 10.6 Å². The molecule has 0 aromatic carbocycles. The van der Waals surface area contributed by atoms with Crippen LogP contribution in [0.1, 0.15) is 19.3 Å². The van der Waals surface area contributed by atoms with E-state index in [1.165, 1.54) is 0 Å². The topological polar surface area (TPSA) is 76.7 Å². The van der Waals surface area contributed by atoms with Crippen molar-refractivity contribution in [1.29, 1.82) is 0 Å². The maximum absolute atomic E-state index is 12.1. The van der Waals surface area contributed by atoms with E-state index in [4.69, 9.17) is 9.47 Å². The molecule has 21 heavy (non-hydrogen) atoms. The second-order valence-electron chi connectivity index (χ2n) is 4.07. The summed E-state index contributed by atoms with van der Waals surface area (Å²) in [6, 6.07) is 0. The molecule has 0 fully saturated rings. The Labute approximate surface area is 137 Å². The number of fused-ring (bicyclic) bond motifs is 1. The van der Waals surface area contributed by atoms with Crippen molar-refractivity contribution >= 4 is 48.4 Å². The van der Waals surface area contributed by atoms with Gasteiger partial charge in [0, 0.05) is 24.6 Å². The predicted molar refractivity (Wildman–Crippen MR) is 87.7 cm³/mol. The lowest BCUT2D eigenvalue weighted by Gasteiger charge is -2.16. The quantitative estimate of drug-likeness (QED) is 0.575. The Morgan fingerprint density at radius 2 is 1.38 bits per heavy atom. The van der Waals surface area contributed by atoms with Gasteiger partial charge >= 0.3 is 0 Å². The molecule has 6 nitrogen and oxygen atoms in total. The van der Waals surface area contributed by atoms with Crippen LogP contribution in [0.15, 0.2) is 0 Å². The van der Waals surface area contributed by atoms with E-state index in [-0.39, 0.29) is 11.8 Å². The van der Waals surface area contributed by atoms with Gasteiger partial charge in [-0.25, -0.2) is 0 Å². The highest BCUT2D eigenvalue weighted by atomic mass is 32.1. The predicted octanol–water partition coefficient (Wildman–Crippen LogP) is 0.839. The van der Waals surface area contributed by atoms with Crippen LogP contribution in [0.3, 0.4) is 0 Å². The lowest BCUT2D eigenvalue weighted by Crippen LogP contribution is -2.26. The van der Waals surface area contributed by atoms with Gasteiger partial charge in [-0.15, -0.1) is 11.3 Å². The first-order valence-corrected chi connectivity index (χ1v) is 8.47. The minimum absolute atomic E-state index is 0.288. The summed E-state index contributed by atoms with van der Waals surface area (Å²) in [6.45, 7) is 1.59. The molecule has 1 aromatic rings. The monoisotopic (exact) mass is 348 g/mol. The fraction of sp³-hybridized carbons (Fsp3) is 0.500. The van der Waals surface area contributed by atoms with E-state index in [2.05, 4.69) is 35.9 Å². The van der Waals surface area contributed by atoms with Gasteiger partial charge in [-0.3, -0.25) is 9.59 Å². The molecule has 1 aromatic heterocycles. The van der Waals surface area contributed by atoms with E-state index < -0.39 is 0 Å². The zero-order valence-corrected chi connectivity index (χ0v) is 13.8. The normalized spacial score (nSPS) is 12.9. The number of rotatable bonds is 6. The molecule has 9 heteroatoms. The van der Waals surface area contributed by atoms with Gasteiger partial charge in [0.25, 0.3) is 11.8 Å². The van der Waals surface area contributed by atoms with Gasteiger partial charge in [0.15, 0.2) is 11.5 Å². The first-order valence-electron chi connectivity index (χ1n) is 6.39. The summed E-state index contributed by atoms with van der Waals surface area (Å²) < 4.78 is 11.0. The SMILES string of the molecule is O=C(NCCS)c1sc(C(=O)NCCS)c2c1OCCO2. The third-order valence-electron chi connectivity index (χ3n) is 2.61. The molecule has 0 aliphatic carbocycles. The maximum Gasteiger partial charge on any atom is 0.265 e. The molecule has 0 unspecified atom stereocenters. The molecule has 1 aliphatic heterocycles. The van der Waals surface area contributed by atoms with Crippen molar-refractivity contribution < 1.29 is 19.1 Å². The molecule has 1 aliphatic rings. The third-order valence-corrected chi connectivity index (χ3v) is 4.20. The molecule has 2 rings (SSSR count). The van der Waals surface area contributed by atoms with E-state index in [1.807, 2.05) is 0 Å². The highest BCUT2D eigenvalue weighted by molar-refractivity contribution is 7.80. The number of hydrogen-bond acceptors (Lipinski definition) is 7. The summed E-state index contributed by atoms with van der Waals surface area (Å²) in [4.78, 5) is 24.9. The number of thiol groups is 2. The number of amides is 2. The zero-order chi connectivity index (χ0) is 15.2. The number of ether oxygens (including phenoxy) is 2. The standard InChI is InChI=1S/C12H16N2O4S3/c15-11(13-1-5-19)9-7-8(18-4-3-17-7)10(21-9)12(16)14-2-6-20/h19-20H,1-6H2,(H,13,15)(H,14,16). The van der Waals surface area contributed by atoms with E-state index >= 15 is 0 Å². The van der Waals surface area contributed by atoms with Crippen LogP contribution in [0.2, 0.25) is 0 Å². The van der Waals surface area contributed by atoms with Crippen molar-refractivity contribution in [2.75, 3.05) is 37.8 Å². The number of thiophene rings is 1. The minimum atomic E-state index is -0.288. The Balaban J connectivity index is 2.27. The molecule has 2 N–H and O–H groups in total. The summed E-state index contributed by atoms with van der Waals surface area (Å²) in [6.07, 6.45) is 0. The van der Waals surface area contributed by atoms with E-state index in [0.29, 0.717) is 59.1 Å². The van der Waals surface area contributed by atoms with Crippen molar-refractivity contribution in [2.45, 2.75) is 0 Å². The minimum Gasteiger partial charge on any atom is -0.484 e. The van der Waals surface area contributed by atoms with E-state index in [9.17, 15) is 9.59 Å². The summed E-state index contributed by atoms with van der Waals surface area (Å²) in [5.41, 5.74) is 0. The third kappa shape index (κ3) is 3.78. The van der Waals surface area contributed by atoms with Gasteiger partial charge in [-0.05, 0) is 0 Å². The summed E-state index contributed by atoms with van der Waals surface area (Å²) in [5, 5.41) is 5.42. The molecular weight excluding hydrogens is 332 g/mol. The lowest BCUT2D eigenvalue weighted by molar-refractivity contribution is 0.0936. The van der Waals surface area contributed by atoms with Crippen LogP contribution >= 0.6 is 36.6 Å². The molecule has 0 saturated heterocycles. The Bertz CT molecular complexity index is 488. The largest absolute Gasteiger partial charge is 0.484 e. The van der Waals surface area contributed by atoms with Crippen LogP contribution in [-0.4, -0.2) is 49.6 Å². The molecule has 0 saturated carbocycles. The zero-order valence-electron chi connectivity index (χ0n) is 11.2. The first kappa shape index (κ1) is 16.3. The van der Waals surface area contributed by atoms with Gasteiger partial charge in [-0.1, -0.05) is 0 Å². The van der Waals surface area contributed by atoms with Gasteiger partial charge in [0.05, 0.1) is 0 Å². The van der Waals surface area contributed by atoms with E-state index in [1.54, 1.807) is 0 Å². The number of carbonyl (C=O) groups excluding carboxylic acids is 2. The average molecular weight is 348 g/mol. The Morgan fingerprint density at radius 1 is 0.952 bits per heavy atom. The van der Waals surface area contributed by atoms with Crippen LogP contribution in [0.4, 0.5) is 0 Å². The van der Waals surface area contributed by atoms with Crippen LogP contribution in [0, 0.1) is 0 Å². The van der Waals surface area contributed by atoms with Crippen LogP contribution in [0.5, 0.6) is 11.5 Å². The van der Waals surface area contributed by atoms with Gasteiger partial charge in [-0.2, -0.15) is 25.3 Å². The number of nitrogens with one attached hydrogen (secondary N) is 2. The second kappa shape index (κ2) is 7.81. The van der Waals surface area contributed by atoms with E-state index in [0.717, 1.165) is 11.3 Å². The molecule has 2 heterocycles. The second-order valence-corrected chi connectivity index (χ2v) is 5.99. The summed E-state index contributed by atoms with van der Waals surface area (Å²) in [7, 11) is 0.